The second-order valence-corrected chi connectivity index (χ2v) is 5.63. The third-order valence-electron chi connectivity index (χ3n) is 3.80. The highest BCUT2D eigenvalue weighted by Gasteiger charge is 2.33. The lowest BCUT2D eigenvalue weighted by Crippen LogP contribution is -2.13. The lowest BCUT2D eigenvalue weighted by atomic mass is 10.2. The number of phenols is 1. The molecule has 2 aliphatic heterocycles. The van der Waals surface area contributed by atoms with Gasteiger partial charge in [0.05, 0.1) is 18.8 Å². The van der Waals surface area contributed by atoms with Gasteiger partial charge in [-0.15, -0.1) is 0 Å². The fraction of sp³-hybridized carbons (Fsp3) is 0.368. The summed E-state index contributed by atoms with van der Waals surface area (Å²) in [6, 6.07) is 15.9. The van der Waals surface area contributed by atoms with Crippen molar-refractivity contribution in [2.45, 2.75) is 31.7 Å². The van der Waals surface area contributed by atoms with Crippen LogP contribution in [0.25, 0.3) is 0 Å². The fourth-order valence-corrected chi connectivity index (χ4v) is 2.48. The van der Waals surface area contributed by atoms with E-state index in [-0.39, 0.29) is 12.4 Å². The number of aliphatic hydroxyl groups excluding tert-OH is 1. The minimum Gasteiger partial charge on any atom is -0.508 e. The molecule has 0 bridgehead atoms. The van der Waals surface area contributed by atoms with Gasteiger partial charge in [-0.05, 0) is 42.7 Å². The summed E-state index contributed by atoms with van der Waals surface area (Å²) in [6.45, 7) is 1.96. The van der Waals surface area contributed by atoms with Crippen LogP contribution in [0.1, 0.15) is 18.4 Å². The largest absolute Gasteiger partial charge is 0.508 e. The first-order valence-electron chi connectivity index (χ1n) is 8.11. The third-order valence-corrected chi connectivity index (χ3v) is 3.80. The first-order valence-corrected chi connectivity index (χ1v) is 8.11. The van der Waals surface area contributed by atoms with Crippen LogP contribution in [0.2, 0.25) is 0 Å². The molecule has 5 heteroatoms. The van der Waals surface area contributed by atoms with Crippen molar-refractivity contribution in [1.29, 1.82) is 0 Å². The van der Waals surface area contributed by atoms with Crippen LogP contribution in [0.15, 0.2) is 54.6 Å². The molecule has 5 nitrogen and oxygen atoms in total. The van der Waals surface area contributed by atoms with Gasteiger partial charge in [-0.25, -0.2) is 0 Å². The van der Waals surface area contributed by atoms with Crippen LogP contribution in [-0.2, 0) is 16.1 Å². The highest BCUT2D eigenvalue weighted by atomic mass is 16.6. The Morgan fingerprint density at radius 3 is 1.83 bits per heavy atom. The number of aromatic hydroxyl groups is 1. The number of rotatable bonds is 1. The summed E-state index contributed by atoms with van der Waals surface area (Å²) in [5, 5.41) is 17.2. The summed E-state index contributed by atoms with van der Waals surface area (Å²) in [5.74, 6) is 0.249. The molecule has 2 atom stereocenters. The average Bonchev–Trinajstić information content (AvgIpc) is 3.24. The number of nitrogen functional groups attached to an aromatic ring is 1. The van der Waals surface area contributed by atoms with E-state index in [0.29, 0.717) is 17.9 Å². The lowest BCUT2D eigenvalue weighted by molar-refractivity contribution is 0.0732. The van der Waals surface area contributed by atoms with Crippen molar-refractivity contribution in [2.75, 3.05) is 18.9 Å². The van der Waals surface area contributed by atoms with Gasteiger partial charge in [0.2, 0.25) is 0 Å². The standard InChI is InChI=1S/C7H8O.C6H7NO.C6H10O2/c8-6-7-4-2-1-3-5-7;7-5-1-3-6(8)4-2-5;1-3-7-6-2-4-8-5(1)6/h1-5,8H,6H2;1-4,8H,7H2;5-6H,1-4H2/t;;5-,6-/m..1/s1. The molecule has 0 radical (unpaired) electrons. The SMILES string of the molecule is C1C[C@H]2OCC[C@H]2O1.Nc1ccc(O)cc1.OCc1ccccc1. The Morgan fingerprint density at radius 2 is 1.42 bits per heavy atom. The molecule has 0 aliphatic carbocycles. The average molecular weight is 331 g/mol. The van der Waals surface area contributed by atoms with Crippen molar-refractivity contribution in [2.24, 2.45) is 0 Å². The maximum atomic E-state index is 8.70. The summed E-state index contributed by atoms with van der Waals surface area (Å²) in [7, 11) is 0. The first kappa shape index (κ1) is 18.3. The van der Waals surface area contributed by atoms with Crippen LogP contribution in [0.3, 0.4) is 0 Å². The second-order valence-electron chi connectivity index (χ2n) is 5.63. The molecule has 130 valence electrons. The number of aliphatic hydroxyl groups is 1. The number of ether oxygens (including phenoxy) is 2. The van der Waals surface area contributed by atoms with E-state index in [4.69, 9.17) is 25.4 Å². The van der Waals surface area contributed by atoms with Gasteiger partial charge in [0.15, 0.2) is 0 Å². The molecular weight excluding hydrogens is 306 g/mol. The molecular formula is C19H25NO4. The van der Waals surface area contributed by atoms with Crippen molar-refractivity contribution in [3.8, 4) is 5.75 Å². The number of phenolic OH excluding ortho intramolecular Hbond substituents is 1. The van der Waals surface area contributed by atoms with Crippen molar-refractivity contribution in [3.05, 3.63) is 60.2 Å². The molecule has 2 aromatic rings. The number of fused-ring (bicyclic) bond motifs is 1. The minimum atomic E-state index is 0.140. The molecule has 0 saturated carbocycles. The van der Waals surface area contributed by atoms with Crippen LogP contribution >= 0.6 is 0 Å². The predicted octanol–water partition coefficient (Wildman–Crippen LogP) is 2.72. The fourth-order valence-electron chi connectivity index (χ4n) is 2.48. The van der Waals surface area contributed by atoms with E-state index < -0.39 is 0 Å². The molecule has 2 aromatic carbocycles. The quantitative estimate of drug-likeness (QED) is 0.553. The van der Waals surface area contributed by atoms with Gasteiger partial charge >= 0.3 is 0 Å². The zero-order valence-corrected chi connectivity index (χ0v) is 13.7. The van der Waals surface area contributed by atoms with Crippen molar-refractivity contribution in [3.63, 3.8) is 0 Å². The summed E-state index contributed by atoms with van der Waals surface area (Å²) in [5.41, 5.74) is 6.95. The number of benzene rings is 2. The van der Waals surface area contributed by atoms with Crippen LogP contribution < -0.4 is 5.73 Å². The Balaban J connectivity index is 0.000000130. The van der Waals surface area contributed by atoms with Crippen LogP contribution in [0, 0.1) is 0 Å². The normalized spacial score (nSPS) is 21.0. The van der Waals surface area contributed by atoms with E-state index in [1.54, 1.807) is 24.3 Å². The van der Waals surface area contributed by atoms with Crippen molar-refractivity contribution >= 4 is 5.69 Å². The Morgan fingerprint density at radius 1 is 0.875 bits per heavy atom. The van der Waals surface area contributed by atoms with Gasteiger partial charge in [0.1, 0.15) is 5.75 Å². The van der Waals surface area contributed by atoms with Gasteiger partial charge in [-0.2, -0.15) is 0 Å². The topological polar surface area (TPSA) is 84.9 Å². The molecule has 2 aliphatic rings. The Kier molecular flexibility index (Phi) is 7.55. The molecule has 2 fully saturated rings. The third kappa shape index (κ3) is 6.20. The van der Waals surface area contributed by atoms with E-state index in [0.717, 1.165) is 31.6 Å². The van der Waals surface area contributed by atoms with Gasteiger partial charge in [0.25, 0.3) is 0 Å². The monoisotopic (exact) mass is 331 g/mol. The summed E-state index contributed by atoms with van der Waals surface area (Å²) < 4.78 is 10.7. The van der Waals surface area contributed by atoms with Crippen molar-refractivity contribution in [1.82, 2.24) is 0 Å². The number of anilines is 1. The minimum absolute atomic E-state index is 0.140. The Labute approximate surface area is 142 Å². The highest BCUT2D eigenvalue weighted by Crippen LogP contribution is 2.25. The predicted molar refractivity (Wildman–Crippen MR) is 93.6 cm³/mol. The highest BCUT2D eigenvalue weighted by molar-refractivity contribution is 5.40. The molecule has 4 N–H and O–H groups in total. The Hall–Kier alpha value is -2.08. The van der Waals surface area contributed by atoms with E-state index >= 15 is 0 Å². The molecule has 2 saturated heterocycles. The van der Waals surface area contributed by atoms with E-state index in [9.17, 15) is 0 Å². The van der Waals surface area contributed by atoms with Crippen LogP contribution in [0.5, 0.6) is 5.75 Å². The Bertz CT molecular complexity index is 533. The maximum absolute atomic E-state index is 8.70. The van der Waals surface area contributed by atoms with Crippen LogP contribution in [-0.4, -0.2) is 35.6 Å². The van der Waals surface area contributed by atoms with E-state index in [2.05, 4.69) is 0 Å². The number of hydrogen-bond donors (Lipinski definition) is 3. The molecule has 4 rings (SSSR count). The molecule has 0 amide bonds. The second kappa shape index (κ2) is 9.93. The van der Waals surface area contributed by atoms with Gasteiger partial charge in [-0.1, -0.05) is 30.3 Å². The first-order chi connectivity index (χ1) is 11.7. The number of nitrogens with two attached hydrogens (primary N) is 1. The molecule has 0 aromatic heterocycles. The lowest BCUT2D eigenvalue weighted by Gasteiger charge is -2.03. The summed E-state index contributed by atoms with van der Waals surface area (Å²) in [6.07, 6.45) is 3.14. The van der Waals surface area contributed by atoms with E-state index in [1.807, 2.05) is 30.3 Å². The summed E-state index contributed by atoms with van der Waals surface area (Å²) in [4.78, 5) is 0. The van der Waals surface area contributed by atoms with E-state index in [1.165, 1.54) is 0 Å². The van der Waals surface area contributed by atoms with Gasteiger partial charge in [0, 0.05) is 18.9 Å². The van der Waals surface area contributed by atoms with Gasteiger partial charge < -0.3 is 25.4 Å². The number of hydrogen-bond acceptors (Lipinski definition) is 5. The molecule has 0 unspecified atom stereocenters. The zero-order valence-electron chi connectivity index (χ0n) is 13.7. The van der Waals surface area contributed by atoms with Gasteiger partial charge in [-0.3, -0.25) is 0 Å². The molecule has 2 heterocycles. The van der Waals surface area contributed by atoms with Crippen LogP contribution in [0.4, 0.5) is 5.69 Å². The molecule has 0 spiro atoms. The van der Waals surface area contributed by atoms with Crippen molar-refractivity contribution < 1.29 is 19.7 Å². The maximum Gasteiger partial charge on any atom is 0.115 e. The summed E-state index contributed by atoms with van der Waals surface area (Å²) >= 11 is 0. The zero-order chi connectivity index (χ0) is 17.2. The smallest absolute Gasteiger partial charge is 0.115 e. The molecule has 24 heavy (non-hydrogen) atoms.